The van der Waals surface area contributed by atoms with Crippen LogP contribution in [0, 0.1) is 0 Å². The van der Waals surface area contributed by atoms with Gasteiger partial charge in [-0.3, -0.25) is 0 Å². The lowest BCUT2D eigenvalue weighted by molar-refractivity contribution is 0.264. The van der Waals surface area contributed by atoms with E-state index in [4.69, 9.17) is 9.47 Å². The minimum absolute atomic E-state index is 0.00890. The molecule has 0 aliphatic rings. The topological polar surface area (TPSA) is 38.7 Å². The van der Waals surface area contributed by atoms with Crippen LogP contribution in [-0.4, -0.2) is 11.7 Å². The molecular formula is C20H20O3. The molecule has 0 fully saturated rings. The van der Waals surface area contributed by atoms with Crippen molar-refractivity contribution in [3.05, 3.63) is 71.8 Å². The van der Waals surface area contributed by atoms with E-state index in [9.17, 15) is 5.11 Å². The maximum absolute atomic E-state index is 9.23. The number of ether oxygens (including phenoxy) is 2. The standard InChI is InChI=1S/C20H20O3/c1-2-22-20-12-15(13-21)8-10-19(20)23-14-16-7-9-17-5-3-4-6-18(17)11-16/h3-12,21H,2,13-14H2,1H3. The largest absolute Gasteiger partial charge is 0.490 e. The van der Waals surface area contributed by atoms with E-state index in [1.165, 1.54) is 10.8 Å². The predicted octanol–water partition coefficient (Wildman–Crippen LogP) is 4.31. The van der Waals surface area contributed by atoms with Crippen LogP contribution in [0.15, 0.2) is 60.7 Å². The van der Waals surface area contributed by atoms with Crippen molar-refractivity contribution in [2.75, 3.05) is 6.61 Å². The molecular weight excluding hydrogens is 288 g/mol. The minimum atomic E-state index is -0.00890. The lowest BCUT2D eigenvalue weighted by Gasteiger charge is -2.13. The van der Waals surface area contributed by atoms with Gasteiger partial charge in [0.05, 0.1) is 13.2 Å². The first kappa shape index (κ1) is 15.4. The Hall–Kier alpha value is -2.52. The van der Waals surface area contributed by atoms with Crippen LogP contribution in [0.3, 0.4) is 0 Å². The number of hydrogen-bond donors (Lipinski definition) is 1. The average molecular weight is 308 g/mol. The number of fused-ring (bicyclic) bond motifs is 1. The molecule has 0 heterocycles. The summed E-state index contributed by atoms with van der Waals surface area (Å²) in [7, 11) is 0. The summed E-state index contributed by atoms with van der Waals surface area (Å²) >= 11 is 0. The molecule has 0 saturated heterocycles. The number of rotatable bonds is 6. The highest BCUT2D eigenvalue weighted by molar-refractivity contribution is 5.82. The van der Waals surface area contributed by atoms with Gasteiger partial charge in [0.1, 0.15) is 6.61 Å². The first-order valence-electron chi connectivity index (χ1n) is 7.77. The van der Waals surface area contributed by atoms with Crippen molar-refractivity contribution in [3.63, 3.8) is 0 Å². The Bertz CT molecular complexity index is 796. The van der Waals surface area contributed by atoms with Crippen LogP contribution in [0.5, 0.6) is 11.5 Å². The third-order valence-electron chi connectivity index (χ3n) is 3.70. The van der Waals surface area contributed by atoms with Crippen molar-refractivity contribution >= 4 is 10.8 Å². The summed E-state index contributed by atoms with van der Waals surface area (Å²) in [5, 5.41) is 11.7. The van der Waals surface area contributed by atoms with Crippen molar-refractivity contribution in [1.29, 1.82) is 0 Å². The van der Waals surface area contributed by atoms with Gasteiger partial charge in [0.25, 0.3) is 0 Å². The van der Waals surface area contributed by atoms with E-state index in [1.807, 2.05) is 37.3 Å². The highest BCUT2D eigenvalue weighted by Gasteiger charge is 2.07. The van der Waals surface area contributed by atoms with Gasteiger partial charge in [-0.2, -0.15) is 0 Å². The Morgan fingerprint density at radius 1 is 0.783 bits per heavy atom. The van der Waals surface area contributed by atoms with E-state index in [0.717, 1.165) is 11.1 Å². The number of benzene rings is 3. The van der Waals surface area contributed by atoms with Gasteiger partial charge in [-0.15, -0.1) is 0 Å². The second kappa shape index (κ2) is 7.16. The van der Waals surface area contributed by atoms with E-state index < -0.39 is 0 Å². The molecule has 0 bridgehead atoms. The fraction of sp³-hybridized carbons (Fsp3) is 0.200. The minimum Gasteiger partial charge on any atom is -0.490 e. The first-order chi connectivity index (χ1) is 11.3. The highest BCUT2D eigenvalue weighted by Crippen LogP contribution is 2.29. The summed E-state index contributed by atoms with van der Waals surface area (Å²) in [6.07, 6.45) is 0. The summed E-state index contributed by atoms with van der Waals surface area (Å²) in [6, 6.07) is 20.1. The molecule has 118 valence electrons. The van der Waals surface area contributed by atoms with Crippen LogP contribution >= 0.6 is 0 Å². The molecule has 0 atom stereocenters. The second-order valence-electron chi connectivity index (χ2n) is 5.34. The van der Waals surface area contributed by atoms with Gasteiger partial charge in [0.2, 0.25) is 0 Å². The summed E-state index contributed by atoms with van der Waals surface area (Å²) in [5.74, 6) is 1.36. The Labute approximate surface area is 136 Å². The van der Waals surface area contributed by atoms with Crippen LogP contribution in [0.1, 0.15) is 18.1 Å². The molecule has 0 radical (unpaired) electrons. The Kier molecular flexibility index (Phi) is 4.79. The molecule has 0 unspecified atom stereocenters. The van der Waals surface area contributed by atoms with E-state index in [0.29, 0.717) is 24.7 Å². The molecule has 3 aromatic carbocycles. The van der Waals surface area contributed by atoms with Gasteiger partial charge in [0.15, 0.2) is 11.5 Å². The number of hydrogen-bond acceptors (Lipinski definition) is 3. The molecule has 0 aliphatic heterocycles. The van der Waals surface area contributed by atoms with E-state index in [2.05, 4.69) is 30.3 Å². The van der Waals surface area contributed by atoms with E-state index in [-0.39, 0.29) is 6.61 Å². The van der Waals surface area contributed by atoms with Gasteiger partial charge >= 0.3 is 0 Å². The first-order valence-corrected chi connectivity index (χ1v) is 7.77. The maximum atomic E-state index is 9.23. The molecule has 3 heteroatoms. The smallest absolute Gasteiger partial charge is 0.161 e. The van der Waals surface area contributed by atoms with Gasteiger partial charge < -0.3 is 14.6 Å². The lowest BCUT2D eigenvalue weighted by Crippen LogP contribution is -2.00. The SMILES string of the molecule is CCOc1cc(CO)ccc1OCc1ccc2ccccc2c1. The van der Waals surface area contributed by atoms with Crippen LogP contribution in [0.2, 0.25) is 0 Å². The third kappa shape index (κ3) is 3.63. The zero-order valence-corrected chi connectivity index (χ0v) is 13.2. The van der Waals surface area contributed by atoms with Crippen molar-refractivity contribution in [3.8, 4) is 11.5 Å². The molecule has 0 spiro atoms. The highest BCUT2D eigenvalue weighted by atomic mass is 16.5. The molecule has 3 aromatic rings. The molecule has 3 nitrogen and oxygen atoms in total. The maximum Gasteiger partial charge on any atom is 0.161 e. The summed E-state index contributed by atoms with van der Waals surface area (Å²) < 4.78 is 11.5. The predicted molar refractivity (Wildman–Crippen MR) is 91.8 cm³/mol. The van der Waals surface area contributed by atoms with Crippen LogP contribution in [0.4, 0.5) is 0 Å². The summed E-state index contributed by atoms with van der Waals surface area (Å²) in [6.45, 7) is 2.95. The zero-order valence-electron chi connectivity index (χ0n) is 13.2. The van der Waals surface area contributed by atoms with Gasteiger partial charge in [0, 0.05) is 0 Å². The molecule has 0 saturated carbocycles. The van der Waals surface area contributed by atoms with Crippen LogP contribution in [-0.2, 0) is 13.2 Å². The molecule has 0 aromatic heterocycles. The molecule has 0 amide bonds. The molecule has 0 aliphatic carbocycles. The summed E-state index contributed by atoms with van der Waals surface area (Å²) in [4.78, 5) is 0. The Morgan fingerprint density at radius 2 is 1.57 bits per heavy atom. The van der Waals surface area contributed by atoms with Crippen molar-refractivity contribution in [2.24, 2.45) is 0 Å². The fourth-order valence-corrected chi connectivity index (χ4v) is 2.53. The molecule has 1 N–H and O–H groups in total. The van der Waals surface area contributed by atoms with Gasteiger partial charge in [-0.05, 0) is 47.0 Å². The van der Waals surface area contributed by atoms with E-state index in [1.54, 1.807) is 0 Å². The third-order valence-corrected chi connectivity index (χ3v) is 3.70. The second-order valence-corrected chi connectivity index (χ2v) is 5.34. The lowest BCUT2D eigenvalue weighted by atomic mass is 10.1. The summed E-state index contributed by atoms with van der Waals surface area (Å²) in [5.41, 5.74) is 1.92. The molecule has 3 rings (SSSR count). The zero-order chi connectivity index (χ0) is 16.1. The van der Waals surface area contributed by atoms with Crippen LogP contribution < -0.4 is 9.47 Å². The monoisotopic (exact) mass is 308 g/mol. The Balaban J connectivity index is 1.78. The molecule has 23 heavy (non-hydrogen) atoms. The van der Waals surface area contributed by atoms with Crippen molar-refractivity contribution in [1.82, 2.24) is 0 Å². The number of aliphatic hydroxyl groups excluding tert-OH is 1. The van der Waals surface area contributed by atoms with Crippen molar-refractivity contribution < 1.29 is 14.6 Å². The normalized spacial score (nSPS) is 10.7. The number of aliphatic hydroxyl groups is 1. The van der Waals surface area contributed by atoms with Crippen molar-refractivity contribution in [2.45, 2.75) is 20.1 Å². The van der Waals surface area contributed by atoms with Gasteiger partial charge in [-0.1, -0.05) is 42.5 Å². The quantitative estimate of drug-likeness (QED) is 0.737. The fourth-order valence-electron chi connectivity index (χ4n) is 2.53. The Morgan fingerprint density at radius 3 is 2.35 bits per heavy atom. The average Bonchev–Trinajstić information content (AvgIpc) is 2.60. The van der Waals surface area contributed by atoms with E-state index >= 15 is 0 Å². The van der Waals surface area contributed by atoms with Crippen LogP contribution in [0.25, 0.3) is 10.8 Å². The van der Waals surface area contributed by atoms with Gasteiger partial charge in [-0.25, -0.2) is 0 Å².